The van der Waals surface area contributed by atoms with Crippen molar-refractivity contribution in [1.29, 1.82) is 0 Å². The van der Waals surface area contributed by atoms with E-state index in [9.17, 15) is 4.79 Å². The standard InChI is InChI=1S/C12H10Cl2O/c1-2-3-4-5-12(15)9-6-7-10(13)11(14)8-9/h6-8H,4-5H2,1H3. The quantitative estimate of drug-likeness (QED) is 0.577. The Balaban J connectivity index is 2.72. The largest absolute Gasteiger partial charge is 0.294 e. The Kier molecular flexibility index (Phi) is 4.68. The predicted octanol–water partition coefficient (Wildman–Crippen LogP) is 3.98. The van der Waals surface area contributed by atoms with Gasteiger partial charge in [0.15, 0.2) is 5.78 Å². The average molecular weight is 241 g/mol. The summed E-state index contributed by atoms with van der Waals surface area (Å²) in [5.74, 6) is 5.63. The molecule has 0 aliphatic heterocycles. The van der Waals surface area contributed by atoms with Gasteiger partial charge in [-0.3, -0.25) is 4.79 Å². The number of carbonyl (C=O) groups excluding carboxylic acids is 1. The molecule has 0 heterocycles. The van der Waals surface area contributed by atoms with Crippen LogP contribution in [0.2, 0.25) is 10.0 Å². The topological polar surface area (TPSA) is 17.1 Å². The van der Waals surface area contributed by atoms with Crippen molar-refractivity contribution in [3.8, 4) is 11.8 Å². The van der Waals surface area contributed by atoms with Gasteiger partial charge in [-0.15, -0.1) is 11.8 Å². The van der Waals surface area contributed by atoms with E-state index < -0.39 is 0 Å². The van der Waals surface area contributed by atoms with E-state index in [0.29, 0.717) is 28.5 Å². The maximum Gasteiger partial charge on any atom is 0.163 e. The number of hydrogen-bond donors (Lipinski definition) is 0. The van der Waals surface area contributed by atoms with Crippen LogP contribution in [0.1, 0.15) is 30.1 Å². The van der Waals surface area contributed by atoms with Crippen LogP contribution >= 0.6 is 23.2 Å². The van der Waals surface area contributed by atoms with Gasteiger partial charge in [-0.25, -0.2) is 0 Å². The van der Waals surface area contributed by atoms with Crippen LogP contribution in [0.5, 0.6) is 0 Å². The molecule has 3 heteroatoms. The van der Waals surface area contributed by atoms with Gasteiger partial charge in [0.1, 0.15) is 0 Å². The summed E-state index contributed by atoms with van der Waals surface area (Å²) in [5.41, 5.74) is 0.585. The van der Waals surface area contributed by atoms with E-state index in [4.69, 9.17) is 23.2 Å². The molecule has 0 fully saturated rings. The number of benzene rings is 1. The van der Waals surface area contributed by atoms with Crippen molar-refractivity contribution in [1.82, 2.24) is 0 Å². The maximum atomic E-state index is 11.6. The van der Waals surface area contributed by atoms with Gasteiger partial charge in [0.2, 0.25) is 0 Å². The molecule has 1 nitrogen and oxygen atoms in total. The molecule has 1 aromatic rings. The molecule has 0 aliphatic carbocycles. The van der Waals surface area contributed by atoms with Crippen molar-refractivity contribution in [3.05, 3.63) is 33.8 Å². The molecule has 1 aromatic carbocycles. The van der Waals surface area contributed by atoms with Crippen LogP contribution in [0.15, 0.2) is 18.2 Å². The van der Waals surface area contributed by atoms with E-state index in [1.54, 1.807) is 25.1 Å². The lowest BCUT2D eigenvalue weighted by Gasteiger charge is -2.00. The summed E-state index contributed by atoms with van der Waals surface area (Å²) in [6, 6.07) is 4.89. The first-order chi connectivity index (χ1) is 7.15. The molecule has 0 atom stereocenters. The number of carbonyl (C=O) groups is 1. The van der Waals surface area contributed by atoms with Crippen molar-refractivity contribution in [3.63, 3.8) is 0 Å². The van der Waals surface area contributed by atoms with E-state index in [1.165, 1.54) is 0 Å². The van der Waals surface area contributed by atoms with Crippen LogP contribution in [-0.4, -0.2) is 5.78 Å². The second kappa shape index (κ2) is 5.80. The Morgan fingerprint density at radius 3 is 2.67 bits per heavy atom. The molecule has 1 rings (SSSR count). The summed E-state index contributed by atoms with van der Waals surface area (Å²) < 4.78 is 0. The van der Waals surface area contributed by atoms with Crippen LogP contribution in [0.4, 0.5) is 0 Å². The van der Waals surface area contributed by atoms with E-state index in [0.717, 1.165) is 0 Å². The maximum absolute atomic E-state index is 11.6. The van der Waals surface area contributed by atoms with Crippen LogP contribution in [0.3, 0.4) is 0 Å². The molecule has 0 spiro atoms. The molecular formula is C12H10Cl2O. The van der Waals surface area contributed by atoms with Gasteiger partial charge in [-0.05, 0) is 25.1 Å². The number of rotatable bonds is 3. The highest BCUT2D eigenvalue weighted by Crippen LogP contribution is 2.23. The minimum atomic E-state index is 0.0383. The van der Waals surface area contributed by atoms with Gasteiger partial charge in [-0.2, -0.15) is 0 Å². The zero-order chi connectivity index (χ0) is 11.3. The number of ketones is 1. The summed E-state index contributed by atoms with van der Waals surface area (Å²) in [5, 5.41) is 0.866. The van der Waals surface area contributed by atoms with Gasteiger partial charge in [0, 0.05) is 18.4 Å². The third kappa shape index (κ3) is 3.58. The molecule has 0 aliphatic rings. The Bertz CT molecular complexity index is 427. The first-order valence-corrected chi connectivity index (χ1v) is 5.28. The van der Waals surface area contributed by atoms with Crippen molar-refractivity contribution in [2.45, 2.75) is 19.8 Å². The van der Waals surface area contributed by atoms with Crippen molar-refractivity contribution >= 4 is 29.0 Å². The number of Topliss-reactive ketones (excluding diaryl/α,β-unsaturated/α-hetero) is 1. The Morgan fingerprint density at radius 1 is 1.33 bits per heavy atom. The zero-order valence-corrected chi connectivity index (χ0v) is 9.82. The first kappa shape index (κ1) is 12.1. The fraction of sp³-hybridized carbons (Fsp3) is 0.250. The molecule has 0 aromatic heterocycles. The number of hydrogen-bond acceptors (Lipinski definition) is 1. The minimum absolute atomic E-state index is 0.0383. The molecule has 0 saturated carbocycles. The zero-order valence-electron chi connectivity index (χ0n) is 8.31. The predicted molar refractivity (Wildman–Crippen MR) is 63.5 cm³/mol. The SMILES string of the molecule is CC#CCCC(=O)c1ccc(Cl)c(Cl)c1. The molecule has 0 saturated heterocycles. The number of halogens is 2. The normalized spacial score (nSPS) is 9.27. The summed E-state index contributed by atoms with van der Waals surface area (Å²) in [4.78, 5) is 11.6. The molecule has 0 N–H and O–H groups in total. The van der Waals surface area contributed by atoms with Crippen molar-refractivity contribution in [2.24, 2.45) is 0 Å². The Hall–Kier alpha value is -0.970. The van der Waals surface area contributed by atoms with Gasteiger partial charge in [-0.1, -0.05) is 23.2 Å². The molecular weight excluding hydrogens is 231 g/mol. The average Bonchev–Trinajstić information content (AvgIpc) is 2.22. The summed E-state index contributed by atoms with van der Waals surface area (Å²) in [7, 11) is 0. The molecule has 0 unspecified atom stereocenters. The van der Waals surface area contributed by atoms with Gasteiger partial charge in [0.05, 0.1) is 10.0 Å². The third-order valence-electron chi connectivity index (χ3n) is 1.90. The second-order valence-electron chi connectivity index (χ2n) is 2.98. The van der Waals surface area contributed by atoms with Crippen LogP contribution in [0, 0.1) is 11.8 Å². The lowest BCUT2D eigenvalue weighted by Crippen LogP contribution is -1.98. The monoisotopic (exact) mass is 240 g/mol. The fourth-order valence-electron chi connectivity index (χ4n) is 1.11. The molecule has 0 bridgehead atoms. The van der Waals surface area contributed by atoms with E-state index in [-0.39, 0.29) is 5.78 Å². The van der Waals surface area contributed by atoms with Crippen LogP contribution in [-0.2, 0) is 0 Å². The van der Waals surface area contributed by atoms with Crippen LogP contribution < -0.4 is 0 Å². The summed E-state index contributed by atoms with van der Waals surface area (Å²) in [6.45, 7) is 1.75. The molecule has 0 radical (unpaired) electrons. The lowest BCUT2D eigenvalue weighted by molar-refractivity contribution is 0.0984. The molecule has 0 amide bonds. The third-order valence-corrected chi connectivity index (χ3v) is 2.63. The van der Waals surface area contributed by atoms with Crippen molar-refractivity contribution < 1.29 is 4.79 Å². The van der Waals surface area contributed by atoms with Gasteiger partial charge in [0.25, 0.3) is 0 Å². The van der Waals surface area contributed by atoms with Gasteiger partial charge < -0.3 is 0 Å². The van der Waals surface area contributed by atoms with E-state index >= 15 is 0 Å². The van der Waals surface area contributed by atoms with E-state index in [1.807, 2.05) is 0 Å². The summed E-state index contributed by atoms with van der Waals surface area (Å²) >= 11 is 11.6. The van der Waals surface area contributed by atoms with E-state index in [2.05, 4.69) is 11.8 Å². The highest BCUT2D eigenvalue weighted by Gasteiger charge is 2.06. The lowest BCUT2D eigenvalue weighted by atomic mass is 10.1. The Morgan fingerprint density at radius 2 is 2.07 bits per heavy atom. The Labute approximate surface area is 99.4 Å². The highest BCUT2D eigenvalue weighted by molar-refractivity contribution is 6.42. The highest BCUT2D eigenvalue weighted by atomic mass is 35.5. The minimum Gasteiger partial charge on any atom is -0.294 e. The molecule has 78 valence electrons. The molecule has 15 heavy (non-hydrogen) atoms. The van der Waals surface area contributed by atoms with Crippen LogP contribution in [0.25, 0.3) is 0 Å². The fourth-order valence-corrected chi connectivity index (χ4v) is 1.41. The smallest absolute Gasteiger partial charge is 0.163 e. The van der Waals surface area contributed by atoms with Crippen molar-refractivity contribution in [2.75, 3.05) is 0 Å². The summed E-state index contributed by atoms with van der Waals surface area (Å²) in [6.07, 6.45) is 0.994. The first-order valence-electron chi connectivity index (χ1n) is 4.53. The second-order valence-corrected chi connectivity index (χ2v) is 3.79. The van der Waals surface area contributed by atoms with Gasteiger partial charge >= 0.3 is 0 Å².